The van der Waals surface area contributed by atoms with E-state index in [1.54, 1.807) is 43.0 Å². The van der Waals surface area contributed by atoms with Crippen molar-refractivity contribution in [3.63, 3.8) is 0 Å². The first-order valence-corrected chi connectivity index (χ1v) is 7.03. The number of fused-ring (bicyclic) bond motifs is 1. The Balaban J connectivity index is 1.90. The zero-order valence-electron chi connectivity index (χ0n) is 12.4. The Labute approximate surface area is 127 Å². The summed E-state index contributed by atoms with van der Waals surface area (Å²) in [5, 5.41) is 13.2. The zero-order valence-corrected chi connectivity index (χ0v) is 12.4. The number of amides is 1. The molecule has 1 aliphatic heterocycles. The number of carbonyl (C=O) groups is 2. The van der Waals surface area contributed by atoms with Gasteiger partial charge in [-0.2, -0.15) is 0 Å². The van der Waals surface area contributed by atoms with E-state index in [4.69, 9.17) is 4.52 Å². The van der Waals surface area contributed by atoms with E-state index in [0.717, 1.165) is 5.56 Å². The number of nitrogens with zero attached hydrogens (tertiary/aromatic N) is 2. The Bertz CT molecular complexity index is 731. The summed E-state index contributed by atoms with van der Waals surface area (Å²) in [7, 11) is 0. The van der Waals surface area contributed by atoms with E-state index in [9.17, 15) is 14.7 Å². The van der Waals surface area contributed by atoms with Crippen LogP contribution in [-0.2, 0) is 16.0 Å². The summed E-state index contributed by atoms with van der Waals surface area (Å²) in [6.07, 6.45) is 0.155. The van der Waals surface area contributed by atoms with Crippen LogP contribution in [0.15, 0.2) is 28.8 Å². The number of hydrogen-bond acceptors (Lipinski definition) is 4. The molecule has 0 radical (unpaired) electrons. The molecule has 3 rings (SSSR count). The highest BCUT2D eigenvalue weighted by Crippen LogP contribution is 2.36. The highest BCUT2D eigenvalue weighted by molar-refractivity contribution is 6.00. The van der Waals surface area contributed by atoms with Crippen LogP contribution in [0.4, 0.5) is 5.69 Å². The Hall–Kier alpha value is -2.63. The Morgan fingerprint density at radius 3 is 2.73 bits per heavy atom. The maximum absolute atomic E-state index is 12.6. The predicted molar refractivity (Wildman–Crippen MR) is 78.9 cm³/mol. The Morgan fingerprint density at radius 2 is 2.09 bits per heavy atom. The van der Waals surface area contributed by atoms with Gasteiger partial charge in [-0.15, -0.1) is 0 Å². The number of hydrogen-bond donors (Lipinski definition) is 1. The molecule has 1 aromatic carbocycles. The Kier molecular flexibility index (Phi) is 3.44. The molecule has 22 heavy (non-hydrogen) atoms. The van der Waals surface area contributed by atoms with Crippen LogP contribution >= 0.6 is 0 Å². The molecule has 1 unspecified atom stereocenters. The molecule has 0 saturated carbocycles. The quantitative estimate of drug-likeness (QED) is 0.938. The molecule has 6 nitrogen and oxygen atoms in total. The number of para-hydroxylation sites is 1. The average Bonchev–Trinajstić information content (AvgIpc) is 3.02. The predicted octanol–water partition coefficient (Wildman–Crippen LogP) is 2.05. The van der Waals surface area contributed by atoms with Crippen LogP contribution in [0.25, 0.3) is 0 Å². The molecule has 1 atom stereocenters. The third-order valence-corrected chi connectivity index (χ3v) is 4.08. The lowest BCUT2D eigenvalue weighted by Crippen LogP contribution is -2.32. The van der Waals surface area contributed by atoms with Crippen molar-refractivity contribution in [1.29, 1.82) is 0 Å². The highest BCUT2D eigenvalue weighted by Gasteiger charge is 2.36. The molecule has 2 heterocycles. The van der Waals surface area contributed by atoms with E-state index in [0.29, 0.717) is 22.7 Å². The van der Waals surface area contributed by atoms with Crippen LogP contribution in [0.3, 0.4) is 0 Å². The van der Waals surface area contributed by atoms with Crippen LogP contribution in [0.2, 0.25) is 0 Å². The fourth-order valence-corrected chi connectivity index (χ4v) is 2.86. The van der Waals surface area contributed by atoms with E-state index in [-0.39, 0.29) is 18.9 Å². The summed E-state index contributed by atoms with van der Waals surface area (Å²) in [5.41, 5.74) is 2.81. The van der Waals surface area contributed by atoms with E-state index in [1.807, 2.05) is 0 Å². The third-order valence-electron chi connectivity index (χ3n) is 4.08. The van der Waals surface area contributed by atoms with Gasteiger partial charge in [0.15, 0.2) is 0 Å². The Morgan fingerprint density at radius 1 is 1.36 bits per heavy atom. The molecule has 1 aromatic heterocycles. The number of anilines is 1. The summed E-state index contributed by atoms with van der Waals surface area (Å²) in [5.74, 6) is -1.12. The molecular weight excluding hydrogens is 284 g/mol. The number of aromatic nitrogens is 1. The standard InChI is InChI=1S/C16H16N2O4/c1-9-12(10(2)22-17-9)7-15(19)18-8-13(16(20)21)11-5-3-4-6-14(11)18/h3-6,13H,7-8H2,1-2H3,(H,20,21). The van der Waals surface area contributed by atoms with E-state index in [2.05, 4.69) is 5.16 Å². The minimum atomic E-state index is -0.917. The van der Waals surface area contributed by atoms with Crippen LogP contribution in [0.5, 0.6) is 0 Å². The van der Waals surface area contributed by atoms with Gasteiger partial charge in [0.2, 0.25) is 5.91 Å². The molecule has 0 fully saturated rings. The van der Waals surface area contributed by atoms with Crippen LogP contribution in [0, 0.1) is 13.8 Å². The number of aryl methyl sites for hydroxylation is 2. The van der Waals surface area contributed by atoms with Gasteiger partial charge in [0.25, 0.3) is 0 Å². The normalized spacial score (nSPS) is 16.6. The van der Waals surface area contributed by atoms with Gasteiger partial charge < -0.3 is 14.5 Å². The molecule has 0 saturated heterocycles. The number of benzene rings is 1. The average molecular weight is 300 g/mol. The lowest BCUT2D eigenvalue weighted by atomic mass is 10.0. The first-order valence-electron chi connectivity index (χ1n) is 7.03. The number of rotatable bonds is 3. The van der Waals surface area contributed by atoms with Gasteiger partial charge in [-0.25, -0.2) is 0 Å². The van der Waals surface area contributed by atoms with Crippen molar-refractivity contribution in [1.82, 2.24) is 5.16 Å². The molecule has 1 aliphatic rings. The van der Waals surface area contributed by atoms with Gasteiger partial charge in [-0.1, -0.05) is 23.4 Å². The minimum Gasteiger partial charge on any atom is -0.481 e. The van der Waals surface area contributed by atoms with E-state index >= 15 is 0 Å². The molecule has 1 amide bonds. The fourth-order valence-electron chi connectivity index (χ4n) is 2.86. The van der Waals surface area contributed by atoms with Gasteiger partial charge in [0, 0.05) is 17.8 Å². The molecule has 6 heteroatoms. The SMILES string of the molecule is Cc1noc(C)c1CC(=O)N1CC(C(=O)O)c2ccccc21. The second-order valence-electron chi connectivity index (χ2n) is 5.43. The maximum atomic E-state index is 12.6. The third kappa shape index (κ3) is 2.26. The van der Waals surface area contributed by atoms with Gasteiger partial charge in [0.05, 0.1) is 12.1 Å². The first kappa shape index (κ1) is 14.3. The zero-order chi connectivity index (χ0) is 15.9. The largest absolute Gasteiger partial charge is 0.481 e. The van der Waals surface area contributed by atoms with E-state index < -0.39 is 11.9 Å². The highest BCUT2D eigenvalue weighted by atomic mass is 16.5. The van der Waals surface area contributed by atoms with Crippen molar-refractivity contribution in [2.75, 3.05) is 11.4 Å². The molecule has 2 aromatic rings. The van der Waals surface area contributed by atoms with Crippen molar-refractivity contribution in [2.24, 2.45) is 0 Å². The van der Waals surface area contributed by atoms with Crippen molar-refractivity contribution >= 4 is 17.6 Å². The van der Waals surface area contributed by atoms with Crippen molar-refractivity contribution in [3.05, 3.63) is 46.8 Å². The van der Waals surface area contributed by atoms with Crippen LogP contribution in [0.1, 0.15) is 28.5 Å². The van der Waals surface area contributed by atoms with Gasteiger partial charge >= 0.3 is 5.97 Å². The first-order chi connectivity index (χ1) is 10.5. The lowest BCUT2D eigenvalue weighted by molar-refractivity contribution is -0.138. The molecule has 1 N–H and O–H groups in total. The maximum Gasteiger partial charge on any atom is 0.312 e. The number of carboxylic acid groups (broad SMARTS) is 1. The number of carboxylic acids is 1. The number of aliphatic carboxylic acids is 1. The second-order valence-corrected chi connectivity index (χ2v) is 5.43. The van der Waals surface area contributed by atoms with E-state index in [1.165, 1.54) is 0 Å². The second kappa shape index (κ2) is 5.29. The van der Waals surface area contributed by atoms with Gasteiger partial charge in [0.1, 0.15) is 11.7 Å². The van der Waals surface area contributed by atoms with Crippen LogP contribution < -0.4 is 4.90 Å². The molecule has 0 aliphatic carbocycles. The lowest BCUT2D eigenvalue weighted by Gasteiger charge is -2.17. The van der Waals surface area contributed by atoms with Crippen molar-refractivity contribution in [3.8, 4) is 0 Å². The van der Waals surface area contributed by atoms with Crippen molar-refractivity contribution < 1.29 is 19.2 Å². The smallest absolute Gasteiger partial charge is 0.312 e. The number of carbonyl (C=O) groups excluding carboxylic acids is 1. The summed E-state index contributed by atoms with van der Waals surface area (Å²) >= 11 is 0. The molecule has 114 valence electrons. The van der Waals surface area contributed by atoms with Crippen LogP contribution in [-0.4, -0.2) is 28.7 Å². The monoisotopic (exact) mass is 300 g/mol. The van der Waals surface area contributed by atoms with Crippen molar-refractivity contribution in [2.45, 2.75) is 26.2 Å². The summed E-state index contributed by atoms with van der Waals surface area (Å²) < 4.78 is 5.07. The summed E-state index contributed by atoms with van der Waals surface area (Å²) in [6.45, 7) is 3.72. The minimum absolute atomic E-state index is 0.148. The topological polar surface area (TPSA) is 83.6 Å². The van der Waals surface area contributed by atoms with Gasteiger partial charge in [-0.3, -0.25) is 9.59 Å². The summed E-state index contributed by atoms with van der Waals surface area (Å²) in [6, 6.07) is 7.14. The molecule has 0 bridgehead atoms. The summed E-state index contributed by atoms with van der Waals surface area (Å²) in [4.78, 5) is 25.5. The molecule has 0 spiro atoms. The fraction of sp³-hybridized carbons (Fsp3) is 0.312. The van der Waals surface area contributed by atoms with Gasteiger partial charge in [-0.05, 0) is 25.5 Å². The molecular formula is C16H16N2O4.